The van der Waals surface area contributed by atoms with Crippen LogP contribution in [0.1, 0.15) is 6.92 Å². The van der Waals surface area contributed by atoms with Crippen LogP contribution in [0, 0.1) is 5.92 Å². The molecule has 1 saturated heterocycles. The van der Waals surface area contributed by atoms with E-state index in [9.17, 15) is 4.79 Å². The van der Waals surface area contributed by atoms with Crippen LogP contribution in [-0.2, 0) is 9.53 Å². The van der Waals surface area contributed by atoms with Gasteiger partial charge in [-0.2, -0.15) is 9.97 Å². The van der Waals surface area contributed by atoms with E-state index in [0.717, 1.165) is 6.54 Å². The van der Waals surface area contributed by atoms with Crippen molar-refractivity contribution in [3.05, 3.63) is 11.5 Å². The lowest BCUT2D eigenvalue weighted by molar-refractivity contribution is -0.120. The first-order valence-corrected chi connectivity index (χ1v) is 7.05. The number of aromatic amines is 1. The number of carbonyl (C=O) groups excluding carboxylic acids is 1. The Morgan fingerprint density at radius 1 is 1.52 bits per heavy atom. The van der Waals surface area contributed by atoms with E-state index in [2.05, 4.69) is 30.6 Å². The standard InChI is InChI=1S/C12H15ClN6O2/c1-2-14-7-4-21-3-6(7)11(20)19-12-17-9(13)8-10(18-12)16-5-15-8/h5-7,14H,2-4H2,1H3,(H2,15,16,17,18,19,20). The van der Waals surface area contributed by atoms with E-state index >= 15 is 0 Å². The molecule has 2 aromatic heterocycles. The molecule has 1 aliphatic heterocycles. The molecule has 2 aromatic rings. The number of ether oxygens (including phenoxy) is 1. The molecule has 0 saturated carbocycles. The minimum Gasteiger partial charge on any atom is -0.379 e. The Morgan fingerprint density at radius 3 is 3.19 bits per heavy atom. The molecule has 0 aromatic carbocycles. The second-order valence-electron chi connectivity index (χ2n) is 4.74. The summed E-state index contributed by atoms with van der Waals surface area (Å²) in [5, 5.41) is 6.12. The molecule has 3 rings (SSSR count). The van der Waals surface area contributed by atoms with Gasteiger partial charge in [0.05, 0.1) is 25.5 Å². The Bertz CT molecular complexity index is 660. The minimum absolute atomic E-state index is 0.000383. The topological polar surface area (TPSA) is 105 Å². The molecule has 2 unspecified atom stereocenters. The van der Waals surface area contributed by atoms with Gasteiger partial charge in [-0.1, -0.05) is 18.5 Å². The molecular weight excluding hydrogens is 296 g/mol. The van der Waals surface area contributed by atoms with Crippen LogP contribution in [0.4, 0.5) is 5.95 Å². The highest BCUT2D eigenvalue weighted by atomic mass is 35.5. The summed E-state index contributed by atoms with van der Waals surface area (Å²) in [7, 11) is 0. The highest BCUT2D eigenvalue weighted by molar-refractivity contribution is 6.33. The number of amides is 1. The second-order valence-corrected chi connectivity index (χ2v) is 5.09. The van der Waals surface area contributed by atoms with Crippen molar-refractivity contribution in [1.82, 2.24) is 25.3 Å². The van der Waals surface area contributed by atoms with Crippen LogP contribution in [0.3, 0.4) is 0 Å². The molecule has 8 nitrogen and oxygen atoms in total. The minimum atomic E-state index is -0.276. The molecule has 21 heavy (non-hydrogen) atoms. The Balaban J connectivity index is 1.76. The fraction of sp³-hybridized carbons (Fsp3) is 0.500. The monoisotopic (exact) mass is 310 g/mol. The van der Waals surface area contributed by atoms with Crippen molar-refractivity contribution in [2.24, 2.45) is 5.92 Å². The Labute approximate surface area is 125 Å². The predicted molar refractivity (Wildman–Crippen MR) is 77.1 cm³/mol. The van der Waals surface area contributed by atoms with Gasteiger partial charge in [0.15, 0.2) is 10.8 Å². The van der Waals surface area contributed by atoms with Crippen LogP contribution in [-0.4, -0.2) is 51.6 Å². The second kappa shape index (κ2) is 5.92. The fourth-order valence-corrected chi connectivity index (χ4v) is 2.55. The highest BCUT2D eigenvalue weighted by Crippen LogP contribution is 2.20. The summed E-state index contributed by atoms with van der Waals surface area (Å²) in [5.74, 6) is -0.321. The van der Waals surface area contributed by atoms with Gasteiger partial charge >= 0.3 is 0 Å². The smallest absolute Gasteiger partial charge is 0.233 e. The molecule has 0 spiro atoms. The molecule has 0 aliphatic carbocycles. The summed E-state index contributed by atoms with van der Waals surface area (Å²) in [6, 6.07) is -0.000383. The van der Waals surface area contributed by atoms with Crippen molar-refractivity contribution < 1.29 is 9.53 Å². The van der Waals surface area contributed by atoms with Crippen molar-refractivity contribution >= 4 is 34.6 Å². The maximum Gasteiger partial charge on any atom is 0.233 e. The quantitative estimate of drug-likeness (QED) is 0.713. The van der Waals surface area contributed by atoms with Gasteiger partial charge in [0.25, 0.3) is 0 Å². The van der Waals surface area contributed by atoms with E-state index in [1.165, 1.54) is 6.33 Å². The molecule has 0 radical (unpaired) electrons. The maximum atomic E-state index is 12.3. The van der Waals surface area contributed by atoms with Crippen molar-refractivity contribution in [1.29, 1.82) is 0 Å². The van der Waals surface area contributed by atoms with Crippen LogP contribution in [0.25, 0.3) is 11.2 Å². The number of imidazole rings is 1. The van der Waals surface area contributed by atoms with Crippen LogP contribution < -0.4 is 10.6 Å². The van der Waals surface area contributed by atoms with E-state index in [1.807, 2.05) is 6.92 Å². The van der Waals surface area contributed by atoms with Gasteiger partial charge in [-0.25, -0.2) is 4.98 Å². The first-order valence-electron chi connectivity index (χ1n) is 6.67. The van der Waals surface area contributed by atoms with Crippen molar-refractivity contribution in [3.8, 4) is 0 Å². The fourth-order valence-electron chi connectivity index (χ4n) is 2.33. The molecule has 112 valence electrons. The van der Waals surface area contributed by atoms with Gasteiger partial charge in [-0.3, -0.25) is 10.1 Å². The highest BCUT2D eigenvalue weighted by Gasteiger charge is 2.33. The van der Waals surface area contributed by atoms with E-state index in [0.29, 0.717) is 24.4 Å². The summed E-state index contributed by atoms with van der Waals surface area (Å²) in [6.45, 7) is 3.66. The number of H-pyrrole nitrogens is 1. The number of aromatic nitrogens is 4. The number of likely N-dealkylation sites (N-methyl/N-ethyl adjacent to an activating group) is 1. The Morgan fingerprint density at radius 2 is 2.38 bits per heavy atom. The Hall–Kier alpha value is -1.77. The van der Waals surface area contributed by atoms with Crippen LogP contribution in [0.15, 0.2) is 6.33 Å². The molecular formula is C12H15ClN6O2. The van der Waals surface area contributed by atoms with E-state index in [-0.39, 0.29) is 29.0 Å². The maximum absolute atomic E-state index is 12.3. The summed E-state index contributed by atoms with van der Waals surface area (Å²) >= 11 is 6.01. The number of carbonyl (C=O) groups is 1. The van der Waals surface area contributed by atoms with E-state index in [4.69, 9.17) is 16.3 Å². The molecule has 9 heteroatoms. The first kappa shape index (κ1) is 14.2. The lowest BCUT2D eigenvalue weighted by Crippen LogP contribution is -2.41. The number of hydrogen-bond acceptors (Lipinski definition) is 6. The number of fused-ring (bicyclic) bond motifs is 1. The number of rotatable bonds is 4. The molecule has 0 bridgehead atoms. The third kappa shape index (κ3) is 2.82. The lowest BCUT2D eigenvalue weighted by Gasteiger charge is -2.17. The van der Waals surface area contributed by atoms with Gasteiger partial charge in [-0.15, -0.1) is 0 Å². The summed E-state index contributed by atoms with van der Waals surface area (Å²) in [4.78, 5) is 27.3. The van der Waals surface area contributed by atoms with Crippen LogP contribution >= 0.6 is 11.6 Å². The van der Waals surface area contributed by atoms with Gasteiger partial charge in [0.1, 0.15) is 5.52 Å². The zero-order chi connectivity index (χ0) is 14.8. The number of nitrogens with zero attached hydrogens (tertiary/aromatic N) is 3. The SMILES string of the molecule is CCNC1COCC1C(=O)Nc1nc(Cl)c2[nH]cnc2n1. The third-order valence-corrected chi connectivity index (χ3v) is 3.63. The zero-order valence-electron chi connectivity index (χ0n) is 11.4. The number of halogens is 1. The van der Waals surface area contributed by atoms with Gasteiger partial charge in [0, 0.05) is 6.04 Å². The van der Waals surface area contributed by atoms with Crippen molar-refractivity contribution in [2.75, 3.05) is 25.1 Å². The van der Waals surface area contributed by atoms with Gasteiger partial charge in [-0.05, 0) is 6.54 Å². The van der Waals surface area contributed by atoms with Gasteiger partial charge < -0.3 is 15.0 Å². The summed E-state index contributed by atoms with van der Waals surface area (Å²) in [5.41, 5.74) is 0.959. The first-order chi connectivity index (χ1) is 10.2. The average Bonchev–Trinajstić information content (AvgIpc) is 3.07. The zero-order valence-corrected chi connectivity index (χ0v) is 12.1. The molecule has 1 aliphatic rings. The van der Waals surface area contributed by atoms with E-state index in [1.54, 1.807) is 0 Å². The molecule has 2 atom stereocenters. The Kier molecular flexibility index (Phi) is 4.00. The molecule has 1 amide bonds. The van der Waals surface area contributed by atoms with Crippen molar-refractivity contribution in [2.45, 2.75) is 13.0 Å². The average molecular weight is 311 g/mol. The predicted octanol–water partition coefficient (Wildman–Crippen LogP) is 0.569. The summed E-state index contributed by atoms with van der Waals surface area (Å²) < 4.78 is 5.36. The van der Waals surface area contributed by atoms with Crippen LogP contribution in [0.5, 0.6) is 0 Å². The number of anilines is 1. The summed E-state index contributed by atoms with van der Waals surface area (Å²) in [6.07, 6.45) is 1.48. The third-order valence-electron chi connectivity index (χ3n) is 3.36. The van der Waals surface area contributed by atoms with E-state index < -0.39 is 0 Å². The lowest BCUT2D eigenvalue weighted by atomic mass is 10.0. The molecule has 3 N–H and O–H groups in total. The van der Waals surface area contributed by atoms with Crippen molar-refractivity contribution in [3.63, 3.8) is 0 Å². The van der Waals surface area contributed by atoms with Crippen LogP contribution in [0.2, 0.25) is 5.15 Å². The molecule has 1 fully saturated rings. The molecule has 3 heterocycles. The normalized spacial score (nSPS) is 21.8. The van der Waals surface area contributed by atoms with Gasteiger partial charge in [0.2, 0.25) is 11.9 Å². The largest absolute Gasteiger partial charge is 0.379 e. The number of hydrogen-bond donors (Lipinski definition) is 3. The number of nitrogens with one attached hydrogen (secondary N) is 3.